The first-order valence-electron chi connectivity index (χ1n) is 5.29. The number of nitro groups is 1. The van der Waals surface area contributed by atoms with Crippen molar-refractivity contribution in [2.45, 2.75) is 0 Å². The van der Waals surface area contributed by atoms with Crippen LogP contribution < -0.4 is 4.74 Å². The predicted molar refractivity (Wildman–Crippen MR) is 87.5 cm³/mol. The molecule has 6 nitrogen and oxygen atoms in total. The van der Waals surface area contributed by atoms with Gasteiger partial charge in [-0.3, -0.25) is 10.1 Å². The van der Waals surface area contributed by atoms with Crippen molar-refractivity contribution in [2.24, 2.45) is 0 Å². The summed E-state index contributed by atoms with van der Waals surface area (Å²) in [6.45, 7) is 0. The van der Waals surface area contributed by atoms with Crippen LogP contribution in [0.15, 0.2) is 28.9 Å². The Morgan fingerprint density at radius 3 is 2.76 bits per heavy atom. The molecule has 0 radical (unpaired) electrons. The fourth-order valence-electron chi connectivity index (χ4n) is 1.45. The fourth-order valence-corrected chi connectivity index (χ4v) is 2.90. The molecular weight excluding hydrogens is 476 g/mol. The zero-order valence-electron chi connectivity index (χ0n) is 10.0. The molecule has 21 heavy (non-hydrogen) atoms. The summed E-state index contributed by atoms with van der Waals surface area (Å²) in [5.74, 6) is 0.167. The van der Waals surface area contributed by atoms with Crippen LogP contribution in [0.2, 0.25) is 5.02 Å². The largest absolute Gasteiger partial charge is 0.429 e. The predicted octanol–water partition coefficient (Wildman–Crippen LogP) is 4.67. The molecule has 0 aliphatic heterocycles. The molecule has 0 bridgehead atoms. The summed E-state index contributed by atoms with van der Waals surface area (Å²) in [6.07, 6.45) is 1.37. The number of nitrogens with zero attached hydrogens (tertiary/aromatic N) is 3. The lowest BCUT2D eigenvalue weighted by Crippen LogP contribution is -1.98. The Balaban J connectivity index is 2.53. The van der Waals surface area contributed by atoms with Crippen LogP contribution >= 0.6 is 50.1 Å². The van der Waals surface area contributed by atoms with Gasteiger partial charge in [0.25, 0.3) is 0 Å². The maximum absolute atomic E-state index is 11.1. The highest BCUT2D eigenvalue weighted by atomic mass is 127. The lowest BCUT2D eigenvalue weighted by atomic mass is 10.2. The summed E-state index contributed by atoms with van der Waals surface area (Å²) in [5.41, 5.74) is -0.122. The van der Waals surface area contributed by atoms with Gasteiger partial charge < -0.3 is 4.74 Å². The number of hydrogen-bond acceptors (Lipinski definition) is 5. The number of hydrogen-bond donors (Lipinski definition) is 0. The first-order valence-corrected chi connectivity index (χ1v) is 7.54. The Labute approximate surface area is 146 Å². The number of nitro benzene ring substituents is 1. The van der Waals surface area contributed by atoms with E-state index >= 15 is 0 Å². The minimum absolute atomic E-state index is 0.0233. The number of ether oxygens (including phenoxy) is 1. The van der Waals surface area contributed by atoms with E-state index in [2.05, 4.69) is 20.9 Å². The fraction of sp³-hybridized carbons (Fsp3) is 0. The van der Waals surface area contributed by atoms with Crippen molar-refractivity contribution in [1.29, 1.82) is 5.26 Å². The Morgan fingerprint density at radius 2 is 2.19 bits per heavy atom. The lowest BCUT2D eigenvalue weighted by molar-refractivity contribution is -0.385. The molecule has 0 unspecified atom stereocenters. The van der Waals surface area contributed by atoms with Crippen molar-refractivity contribution < 1.29 is 9.66 Å². The van der Waals surface area contributed by atoms with E-state index in [1.807, 2.05) is 28.7 Å². The van der Waals surface area contributed by atoms with E-state index in [1.54, 1.807) is 6.07 Å². The smallest absolute Gasteiger partial charge is 0.314 e. The zero-order valence-corrected chi connectivity index (χ0v) is 14.5. The molecule has 0 N–H and O–H groups in total. The lowest BCUT2D eigenvalue weighted by Gasteiger charge is -2.09. The molecule has 1 heterocycles. The van der Waals surface area contributed by atoms with E-state index in [4.69, 9.17) is 21.6 Å². The average Bonchev–Trinajstić information content (AvgIpc) is 2.42. The van der Waals surface area contributed by atoms with Gasteiger partial charge in [0.15, 0.2) is 0 Å². The maximum Gasteiger partial charge on any atom is 0.314 e. The van der Waals surface area contributed by atoms with Crippen LogP contribution in [0.3, 0.4) is 0 Å². The summed E-state index contributed by atoms with van der Waals surface area (Å²) in [4.78, 5) is 14.5. The second kappa shape index (κ2) is 6.55. The first kappa shape index (κ1) is 15.9. The van der Waals surface area contributed by atoms with Crippen molar-refractivity contribution in [3.8, 4) is 17.7 Å². The minimum atomic E-state index is -0.609. The van der Waals surface area contributed by atoms with Crippen molar-refractivity contribution in [2.75, 3.05) is 0 Å². The van der Waals surface area contributed by atoms with Crippen LogP contribution in [-0.2, 0) is 0 Å². The van der Waals surface area contributed by atoms with Crippen LogP contribution in [0.4, 0.5) is 5.69 Å². The van der Waals surface area contributed by atoms with Crippen LogP contribution in [0.25, 0.3) is 0 Å². The first-order chi connectivity index (χ1) is 9.92. The van der Waals surface area contributed by atoms with E-state index in [9.17, 15) is 10.1 Å². The topological polar surface area (TPSA) is 89.0 Å². The van der Waals surface area contributed by atoms with Gasteiger partial charge in [-0.25, -0.2) is 4.98 Å². The molecule has 1 aromatic carbocycles. The van der Waals surface area contributed by atoms with Crippen LogP contribution in [0, 0.1) is 25.0 Å². The summed E-state index contributed by atoms with van der Waals surface area (Å²) in [7, 11) is 0. The van der Waals surface area contributed by atoms with Crippen molar-refractivity contribution >= 4 is 55.8 Å². The monoisotopic (exact) mass is 479 g/mol. The van der Waals surface area contributed by atoms with E-state index in [0.717, 1.165) is 6.07 Å². The third kappa shape index (κ3) is 3.61. The van der Waals surface area contributed by atoms with Gasteiger partial charge in [-0.1, -0.05) is 11.6 Å². The van der Waals surface area contributed by atoms with E-state index in [1.165, 1.54) is 12.3 Å². The highest BCUT2D eigenvalue weighted by molar-refractivity contribution is 14.1. The van der Waals surface area contributed by atoms with Gasteiger partial charge in [-0.05, 0) is 50.7 Å². The third-order valence-electron chi connectivity index (χ3n) is 2.32. The maximum atomic E-state index is 11.1. The second-order valence-electron chi connectivity index (χ2n) is 3.72. The van der Waals surface area contributed by atoms with Crippen molar-refractivity contribution in [3.63, 3.8) is 0 Å². The third-order valence-corrected chi connectivity index (χ3v) is 3.90. The van der Waals surface area contributed by atoms with E-state index in [0.29, 0.717) is 13.1 Å². The molecular formula is C12H4BrClIN3O3. The van der Waals surface area contributed by atoms with Crippen LogP contribution in [-0.4, -0.2) is 9.91 Å². The van der Waals surface area contributed by atoms with Gasteiger partial charge in [0.1, 0.15) is 0 Å². The molecule has 0 aliphatic carbocycles. The normalized spacial score (nSPS) is 10.0. The number of halogens is 3. The summed E-state index contributed by atoms with van der Waals surface area (Å²) in [6, 6.07) is 6.07. The van der Waals surface area contributed by atoms with E-state index < -0.39 is 4.92 Å². The van der Waals surface area contributed by atoms with Gasteiger partial charge in [-0.15, -0.1) is 0 Å². The molecule has 0 saturated heterocycles. The molecule has 0 saturated carbocycles. The number of nitriles is 1. The molecule has 106 valence electrons. The van der Waals surface area contributed by atoms with Crippen LogP contribution in [0.1, 0.15) is 5.56 Å². The van der Waals surface area contributed by atoms with Gasteiger partial charge in [0.05, 0.1) is 29.6 Å². The van der Waals surface area contributed by atoms with Crippen molar-refractivity contribution in [3.05, 3.63) is 53.1 Å². The average molecular weight is 480 g/mol. The Kier molecular flexibility index (Phi) is 4.97. The van der Waals surface area contributed by atoms with Crippen molar-refractivity contribution in [1.82, 2.24) is 4.98 Å². The van der Waals surface area contributed by atoms with Gasteiger partial charge in [0, 0.05) is 12.3 Å². The number of pyridine rings is 1. The Morgan fingerprint density at radius 1 is 1.48 bits per heavy atom. The molecule has 0 amide bonds. The molecule has 0 fully saturated rings. The molecule has 2 rings (SSSR count). The summed E-state index contributed by atoms with van der Waals surface area (Å²) >= 11 is 10.9. The van der Waals surface area contributed by atoms with Gasteiger partial charge in [-0.2, -0.15) is 5.26 Å². The molecule has 2 aromatic rings. The van der Waals surface area contributed by atoms with E-state index in [-0.39, 0.29) is 22.9 Å². The molecule has 0 atom stereocenters. The number of aromatic nitrogens is 1. The summed E-state index contributed by atoms with van der Waals surface area (Å²) in [5, 5.41) is 20.4. The highest BCUT2D eigenvalue weighted by Crippen LogP contribution is 2.38. The molecule has 0 spiro atoms. The zero-order chi connectivity index (χ0) is 15.6. The van der Waals surface area contributed by atoms with Gasteiger partial charge in [0.2, 0.25) is 11.6 Å². The molecule has 1 aromatic heterocycles. The number of rotatable bonds is 3. The SMILES string of the molecule is N#Cc1cc(I)c(Oc2ncc(Cl)cc2Br)c([N+](=O)[O-])c1. The van der Waals surface area contributed by atoms with Gasteiger partial charge >= 0.3 is 5.69 Å². The number of benzene rings is 1. The highest BCUT2D eigenvalue weighted by Gasteiger charge is 2.22. The minimum Gasteiger partial charge on any atom is -0.429 e. The quantitative estimate of drug-likeness (QED) is 0.362. The molecule has 0 aliphatic rings. The Hall–Kier alpha value is -1.44. The Bertz CT molecular complexity index is 779. The second-order valence-corrected chi connectivity index (χ2v) is 6.17. The van der Waals surface area contributed by atoms with Crippen LogP contribution in [0.5, 0.6) is 11.6 Å². The molecule has 9 heteroatoms. The standard InChI is InChI=1S/C12H4BrClIN3O3/c13-8-3-7(14)5-17-12(8)21-11-9(15)1-6(4-16)2-10(11)18(19)20/h1-3,5H. The summed E-state index contributed by atoms with van der Waals surface area (Å²) < 4.78 is 6.41.